The molecule has 0 saturated carbocycles. The molecule has 7 nitrogen and oxygen atoms in total. The van der Waals surface area contributed by atoms with Gasteiger partial charge in [-0.15, -0.1) is 0 Å². The number of hydrogen-bond acceptors (Lipinski definition) is 5. The second-order valence-electron chi connectivity index (χ2n) is 4.71. The van der Waals surface area contributed by atoms with Crippen molar-refractivity contribution in [3.05, 3.63) is 33.1 Å². The zero-order valence-electron chi connectivity index (χ0n) is 10.5. The van der Waals surface area contributed by atoms with Gasteiger partial charge in [0.1, 0.15) is 12.2 Å². The number of alkyl halides is 1. The second kappa shape index (κ2) is 4.55. The van der Waals surface area contributed by atoms with Gasteiger partial charge in [0.2, 0.25) is 0 Å². The summed E-state index contributed by atoms with van der Waals surface area (Å²) in [7, 11) is 1.26. The third kappa shape index (κ3) is 2.01. The fourth-order valence-electron chi connectivity index (χ4n) is 2.13. The highest BCUT2D eigenvalue weighted by atomic mass is 19.1. The van der Waals surface area contributed by atoms with Gasteiger partial charge in [0, 0.05) is 19.3 Å². The van der Waals surface area contributed by atoms with Crippen LogP contribution in [0.3, 0.4) is 0 Å². The lowest BCUT2D eigenvalue weighted by Crippen LogP contribution is -2.45. The molecular weight excluding hydrogens is 259 g/mol. The van der Waals surface area contributed by atoms with Gasteiger partial charge < -0.3 is 14.9 Å². The predicted octanol–water partition coefficient (Wildman–Crippen LogP) is -1.47. The van der Waals surface area contributed by atoms with E-state index in [0.717, 1.165) is 28.3 Å². The molecule has 0 aromatic carbocycles. The number of hydrogen-bond donors (Lipinski definition) is 2. The summed E-state index contributed by atoms with van der Waals surface area (Å²) in [6.07, 6.45) is -2.98. The average Bonchev–Trinajstić information content (AvgIpc) is 2.59. The molecule has 0 spiro atoms. The minimum absolute atomic E-state index is 0.529. The van der Waals surface area contributed by atoms with Gasteiger partial charge in [-0.05, 0) is 6.92 Å². The Morgan fingerprint density at radius 2 is 2.16 bits per heavy atom. The molecule has 1 aromatic rings. The van der Waals surface area contributed by atoms with Crippen LogP contribution in [0.5, 0.6) is 0 Å². The standard InChI is InChI=1S/C11H15FN2O5/c1-11(12)8(17)6(5-15)19-9(11)14-4-3-7(16)13(2)10(14)18/h3-4,6,8-9,15,17H,5H2,1-2H3/t6?,8-,9?,11-/m1/s1. The summed E-state index contributed by atoms with van der Waals surface area (Å²) in [5.41, 5.74) is -3.54. The zero-order valence-corrected chi connectivity index (χ0v) is 10.5. The van der Waals surface area contributed by atoms with Crippen LogP contribution in [-0.4, -0.2) is 43.8 Å². The van der Waals surface area contributed by atoms with Gasteiger partial charge in [0.25, 0.3) is 5.56 Å². The van der Waals surface area contributed by atoms with Crippen molar-refractivity contribution < 1.29 is 19.3 Å². The molecule has 1 aliphatic heterocycles. The van der Waals surface area contributed by atoms with Gasteiger partial charge in [-0.2, -0.15) is 0 Å². The zero-order chi connectivity index (χ0) is 14.4. The predicted molar refractivity (Wildman–Crippen MR) is 62.5 cm³/mol. The Kier molecular flexibility index (Phi) is 3.33. The molecule has 2 rings (SSSR count). The minimum atomic E-state index is -2.26. The van der Waals surface area contributed by atoms with Crippen molar-refractivity contribution in [2.75, 3.05) is 6.61 Å². The van der Waals surface area contributed by atoms with Crippen molar-refractivity contribution in [2.24, 2.45) is 7.05 Å². The highest BCUT2D eigenvalue weighted by Crippen LogP contribution is 2.40. The first-order valence-electron chi connectivity index (χ1n) is 5.72. The lowest BCUT2D eigenvalue weighted by Gasteiger charge is -2.25. The number of aromatic nitrogens is 2. The fraction of sp³-hybridized carbons (Fsp3) is 0.636. The topological polar surface area (TPSA) is 93.7 Å². The second-order valence-corrected chi connectivity index (χ2v) is 4.71. The van der Waals surface area contributed by atoms with Crippen LogP contribution in [0, 0.1) is 0 Å². The normalized spacial score (nSPS) is 34.7. The largest absolute Gasteiger partial charge is 0.394 e. The van der Waals surface area contributed by atoms with Crippen LogP contribution in [0.25, 0.3) is 0 Å². The van der Waals surface area contributed by atoms with E-state index in [2.05, 4.69) is 0 Å². The van der Waals surface area contributed by atoms with Crippen LogP contribution < -0.4 is 11.2 Å². The van der Waals surface area contributed by atoms with E-state index in [0.29, 0.717) is 0 Å². The van der Waals surface area contributed by atoms with E-state index in [9.17, 15) is 19.1 Å². The molecule has 1 aromatic heterocycles. The number of ether oxygens (including phenoxy) is 1. The van der Waals surface area contributed by atoms with Crippen LogP contribution in [0.15, 0.2) is 21.9 Å². The number of rotatable bonds is 2. The van der Waals surface area contributed by atoms with Crippen molar-refractivity contribution in [1.82, 2.24) is 9.13 Å². The molecule has 1 saturated heterocycles. The van der Waals surface area contributed by atoms with E-state index in [1.165, 1.54) is 7.05 Å². The monoisotopic (exact) mass is 274 g/mol. The van der Waals surface area contributed by atoms with E-state index >= 15 is 0 Å². The first-order valence-corrected chi connectivity index (χ1v) is 5.72. The molecule has 0 amide bonds. The summed E-state index contributed by atoms with van der Waals surface area (Å²) in [5.74, 6) is 0. The first kappa shape index (κ1) is 13.9. The van der Waals surface area contributed by atoms with E-state index in [1.54, 1.807) is 0 Å². The Labute approximate surface area is 107 Å². The molecule has 0 aliphatic carbocycles. The summed E-state index contributed by atoms with van der Waals surface area (Å²) in [5, 5.41) is 18.7. The first-order chi connectivity index (χ1) is 8.80. The number of halogens is 1. The van der Waals surface area contributed by atoms with Crippen LogP contribution in [0.1, 0.15) is 13.2 Å². The van der Waals surface area contributed by atoms with Gasteiger partial charge in [-0.1, -0.05) is 0 Å². The molecule has 2 unspecified atom stereocenters. The molecule has 0 bridgehead atoms. The van der Waals surface area contributed by atoms with Crippen LogP contribution in [-0.2, 0) is 11.8 Å². The maximum atomic E-state index is 14.5. The SMILES string of the molecule is Cn1c(=O)ccn(C2OC(CO)[C@@H](O)[C@@]2(C)F)c1=O. The number of nitrogens with zero attached hydrogens (tertiary/aromatic N) is 2. The number of aliphatic hydroxyl groups is 2. The van der Waals surface area contributed by atoms with E-state index in [4.69, 9.17) is 9.84 Å². The van der Waals surface area contributed by atoms with E-state index < -0.39 is 42.0 Å². The maximum absolute atomic E-state index is 14.5. The molecule has 106 valence electrons. The highest BCUT2D eigenvalue weighted by molar-refractivity contribution is 5.01. The van der Waals surface area contributed by atoms with Crippen molar-refractivity contribution in [2.45, 2.75) is 31.0 Å². The Bertz CT molecular complexity index is 593. The summed E-state index contributed by atoms with van der Waals surface area (Å²) in [6, 6.07) is 1.10. The summed E-state index contributed by atoms with van der Waals surface area (Å²) >= 11 is 0. The Balaban J connectivity index is 2.51. The van der Waals surface area contributed by atoms with Crippen molar-refractivity contribution in [3.8, 4) is 0 Å². The summed E-state index contributed by atoms with van der Waals surface area (Å²) in [6.45, 7) is 0.507. The lowest BCUT2D eigenvalue weighted by atomic mass is 9.98. The van der Waals surface area contributed by atoms with Crippen molar-refractivity contribution in [1.29, 1.82) is 0 Å². The van der Waals surface area contributed by atoms with Gasteiger partial charge in [0.05, 0.1) is 6.61 Å². The lowest BCUT2D eigenvalue weighted by molar-refractivity contribution is -0.0616. The third-order valence-electron chi connectivity index (χ3n) is 3.37. The molecule has 19 heavy (non-hydrogen) atoms. The molecule has 0 radical (unpaired) electrons. The highest BCUT2D eigenvalue weighted by Gasteiger charge is 2.55. The number of aliphatic hydroxyl groups excluding tert-OH is 2. The molecule has 1 aliphatic rings. The van der Waals surface area contributed by atoms with Crippen LogP contribution in [0.2, 0.25) is 0 Å². The average molecular weight is 274 g/mol. The summed E-state index contributed by atoms with van der Waals surface area (Å²) < 4.78 is 21.3. The molecule has 8 heteroatoms. The quantitative estimate of drug-likeness (QED) is 0.686. The van der Waals surface area contributed by atoms with Crippen LogP contribution in [0.4, 0.5) is 4.39 Å². The van der Waals surface area contributed by atoms with Gasteiger partial charge in [0.15, 0.2) is 11.9 Å². The van der Waals surface area contributed by atoms with Gasteiger partial charge in [-0.3, -0.25) is 13.9 Å². The van der Waals surface area contributed by atoms with Gasteiger partial charge in [-0.25, -0.2) is 9.18 Å². The molecule has 1 fully saturated rings. The van der Waals surface area contributed by atoms with Crippen LogP contribution >= 0.6 is 0 Å². The maximum Gasteiger partial charge on any atom is 0.332 e. The smallest absolute Gasteiger partial charge is 0.332 e. The Hall–Kier alpha value is -1.51. The van der Waals surface area contributed by atoms with Crippen molar-refractivity contribution in [3.63, 3.8) is 0 Å². The molecule has 2 heterocycles. The van der Waals surface area contributed by atoms with Crippen molar-refractivity contribution >= 4 is 0 Å². The van der Waals surface area contributed by atoms with Gasteiger partial charge >= 0.3 is 5.69 Å². The third-order valence-corrected chi connectivity index (χ3v) is 3.37. The Morgan fingerprint density at radius 1 is 1.53 bits per heavy atom. The molecule has 4 atom stereocenters. The fourth-order valence-corrected chi connectivity index (χ4v) is 2.13. The Morgan fingerprint density at radius 3 is 2.68 bits per heavy atom. The molecular formula is C11H15FN2O5. The van der Waals surface area contributed by atoms with E-state index in [-0.39, 0.29) is 0 Å². The van der Waals surface area contributed by atoms with E-state index in [1.807, 2.05) is 0 Å². The summed E-state index contributed by atoms with van der Waals surface area (Å²) in [4.78, 5) is 23.2. The molecule has 2 N–H and O–H groups in total. The minimum Gasteiger partial charge on any atom is -0.394 e.